The molecule has 0 saturated carbocycles. The summed E-state index contributed by atoms with van der Waals surface area (Å²) in [5.74, 6) is -1.80. The molecule has 1 heterocycles. The number of carboxylic acids is 1. The number of carbonyl (C=O) groups is 2. The Morgan fingerprint density at radius 3 is 2.41 bits per heavy atom. The van der Waals surface area contributed by atoms with Gasteiger partial charge in [-0.15, -0.1) is 0 Å². The van der Waals surface area contributed by atoms with Crippen LogP contribution < -0.4 is 11.1 Å². The standard InChI is InChI=1S/C12H22N2O8/c1-4(7(13)11(19)20)21-12-8(14-5(2)16)10(18)9(17)6(3-15)22-12/h4,6-10,12,15,17-18H,3,13H2,1-2H3,(H,14,16)(H,19,20)/t4-,6-,7+,8-,9+,10-,12+/m1/s1. The molecule has 0 radical (unpaired) electrons. The van der Waals surface area contributed by atoms with Crippen molar-refractivity contribution in [1.82, 2.24) is 5.32 Å². The Kier molecular flexibility index (Phi) is 6.66. The summed E-state index contributed by atoms with van der Waals surface area (Å²) in [6, 6.07) is -2.49. The van der Waals surface area contributed by atoms with Crippen molar-refractivity contribution < 1.29 is 39.5 Å². The third-order valence-corrected chi connectivity index (χ3v) is 3.39. The summed E-state index contributed by atoms with van der Waals surface area (Å²) < 4.78 is 10.6. The topological polar surface area (TPSA) is 172 Å². The van der Waals surface area contributed by atoms with Gasteiger partial charge in [0.25, 0.3) is 0 Å². The lowest BCUT2D eigenvalue weighted by Gasteiger charge is -2.43. The van der Waals surface area contributed by atoms with E-state index in [0.29, 0.717) is 0 Å². The Morgan fingerprint density at radius 2 is 1.95 bits per heavy atom. The predicted molar refractivity (Wildman–Crippen MR) is 71.5 cm³/mol. The van der Waals surface area contributed by atoms with Gasteiger partial charge in [0, 0.05) is 6.92 Å². The molecular weight excluding hydrogens is 300 g/mol. The summed E-state index contributed by atoms with van der Waals surface area (Å²) in [6.07, 6.45) is -6.32. The molecule has 1 amide bonds. The van der Waals surface area contributed by atoms with Crippen LogP contribution in [0.25, 0.3) is 0 Å². The number of aliphatic hydroxyl groups excluding tert-OH is 3. The van der Waals surface area contributed by atoms with E-state index in [-0.39, 0.29) is 0 Å². The maximum atomic E-state index is 11.2. The number of nitrogens with one attached hydrogen (secondary N) is 1. The van der Waals surface area contributed by atoms with Crippen LogP contribution in [0.15, 0.2) is 0 Å². The number of aliphatic hydroxyl groups is 3. The average molecular weight is 322 g/mol. The quantitative estimate of drug-likeness (QED) is 0.293. The molecule has 10 nitrogen and oxygen atoms in total. The van der Waals surface area contributed by atoms with Crippen LogP contribution in [0.5, 0.6) is 0 Å². The Hall–Kier alpha value is -1.30. The summed E-state index contributed by atoms with van der Waals surface area (Å²) in [5.41, 5.74) is 5.42. The third kappa shape index (κ3) is 4.35. The second kappa shape index (κ2) is 7.81. The normalized spacial score (nSPS) is 34.7. The first kappa shape index (κ1) is 18.7. The van der Waals surface area contributed by atoms with Crippen LogP contribution in [-0.2, 0) is 19.1 Å². The van der Waals surface area contributed by atoms with Crippen molar-refractivity contribution in [3.8, 4) is 0 Å². The molecule has 0 aromatic heterocycles. The second-order valence-corrected chi connectivity index (χ2v) is 5.14. The molecule has 0 aromatic carbocycles. The van der Waals surface area contributed by atoms with E-state index in [1.807, 2.05) is 0 Å². The number of rotatable bonds is 6. The Morgan fingerprint density at radius 1 is 1.36 bits per heavy atom. The third-order valence-electron chi connectivity index (χ3n) is 3.39. The van der Waals surface area contributed by atoms with Crippen molar-refractivity contribution >= 4 is 11.9 Å². The first-order valence-corrected chi connectivity index (χ1v) is 6.72. The molecule has 1 saturated heterocycles. The smallest absolute Gasteiger partial charge is 0.323 e. The lowest BCUT2D eigenvalue weighted by atomic mass is 9.97. The van der Waals surface area contributed by atoms with Crippen LogP contribution in [0.4, 0.5) is 0 Å². The van der Waals surface area contributed by atoms with Gasteiger partial charge in [0.2, 0.25) is 5.91 Å². The molecule has 0 unspecified atom stereocenters. The zero-order valence-electron chi connectivity index (χ0n) is 12.2. The summed E-state index contributed by atoms with van der Waals surface area (Å²) in [6.45, 7) is 1.99. The van der Waals surface area contributed by atoms with Crippen molar-refractivity contribution in [2.24, 2.45) is 5.73 Å². The number of carboxylic acid groups (broad SMARTS) is 1. The van der Waals surface area contributed by atoms with Crippen molar-refractivity contribution in [2.75, 3.05) is 6.61 Å². The molecule has 1 aliphatic rings. The summed E-state index contributed by atoms with van der Waals surface area (Å²) in [7, 11) is 0. The highest BCUT2D eigenvalue weighted by Crippen LogP contribution is 2.23. The zero-order chi connectivity index (χ0) is 17.0. The van der Waals surface area contributed by atoms with E-state index < -0.39 is 61.3 Å². The molecular formula is C12H22N2O8. The van der Waals surface area contributed by atoms with Gasteiger partial charge >= 0.3 is 5.97 Å². The molecule has 7 atom stereocenters. The summed E-state index contributed by atoms with van der Waals surface area (Å²) >= 11 is 0. The highest BCUT2D eigenvalue weighted by atomic mass is 16.7. The highest BCUT2D eigenvalue weighted by molar-refractivity contribution is 5.74. The SMILES string of the molecule is CC(=O)N[C@H]1[C@@H](O[C@H](C)[C@H](N)C(=O)O)O[C@H](CO)[C@H](O)[C@@H]1O. The maximum absolute atomic E-state index is 11.2. The molecule has 0 bridgehead atoms. The molecule has 128 valence electrons. The van der Waals surface area contributed by atoms with Crippen LogP contribution in [0.1, 0.15) is 13.8 Å². The molecule has 0 aliphatic carbocycles. The van der Waals surface area contributed by atoms with Crippen molar-refractivity contribution in [2.45, 2.75) is 56.6 Å². The van der Waals surface area contributed by atoms with E-state index in [4.69, 9.17) is 25.4 Å². The van der Waals surface area contributed by atoms with Crippen LogP contribution >= 0.6 is 0 Å². The number of hydrogen-bond donors (Lipinski definition) is 6. The molecule has 1 rings (SSSR count). The van der Waals surface area contributed by atoms with Gasteiger partial charge in [-0.1, -0.05) is 0 Å². The minimum absolute atomic E-state index is 0.508. The van der Waals surface area contributed by atoms with Crippen LogP contribution in [-0.4, -0.2) is 81.7 Å². The van der Waals surface area contributed by atoms with Gasteiger partial charge in [0.15, 0.2) is 6.29 Å². The van der Waals surface area contributed by atoms with Gasteiger partial charge in [0.1, 0.15) is 30.4 Å². The maximum Gasteiger partial charge on any atom is 0.323 e. The minimum atomic E-state index is -1.46. The largest absolute Gasteiger partial charge is 0.480 e. The number of carbonyl (C=O) groups excluding carboxylic acids is 1. The lowest BCUT2D eigenvalue weighted by molar-refractivity contribution is -0.281. The first-order chi connectivity index (χ1) is 10.2. The fourth-order valence-electron chi connectivity index (χ4n) is 2.08. The molecule has 1 fully saturated rings. The Bertz CT molecular complexity index is 407. The van der Waals surface area contributed by atoms with Crippen molar-refractivity contribution in [1.29, 1.82) is 0 Å². The molecule has 22 heavy (non-hydrogen) atoms. The van der Waals surface area contributed by atoms with Gasteiger partial charge in [-0.05, 0) is 6.92 Å². The van der Waals surface area contributed by atoms with Gasteiger partial charge in [-0.25, -0.2) is 0 Å². The molecule has 0 spiro atoms. The van der Waals surface area contributed by atoms with E-state index in [1.165, 1.54) is 13.8 Å². The van der Waals surface area contributed by atoms with Gasteiger partial charge in [0.05, 0.1) is 12.7 Å². The first-order valence-electron chi connectivity index (χ1n) is 6.72. The number of aliphatic carboxylic acids is 1. The minimum Gasteiger partial charge on any atom is -0.480 e. The summed E-state index contributed by atoms with van der Waals surface area (Å²) in [4.78, 5) is 22.0. The van der Waals surface area contributed by atoms with Crippen molar-refractivity contribution in [3.63, 3.8) is 0 Å². The number of nitrogens with two attached hydrogens (primary N) is 1. The van der Waals surface area contributed by atoms with Crippen LogP contribution in [0.2, 0.25) is 0 Å². The van der Waals surface area contributed by atoms with E-state index >= 15 is 0 Å². The number of hydrogen-bond acceptors (Lipinski definition) is 8. The number of amides is 1. The van der Waals surface area contributed by atoms with E-state index in [2.05, 4.69) is 5.32 Å². The predicted octanol–water partition coefficient (Wildman–Crippen LogP) is -3.25. The molecule has 7 N–H and O–H groups in total. The average Bonchev–Trinajstić information content (AvgIpc) is 2.45. The van der Waals surface area contributed by atoms with E-state index in [0.717, 1.165) is 0 Å². The fourth-order valence-corrected chi connectivity index (χ4v) is 2.08. The van der Waals surface area contributed by atoms with Crippen molar-refractivity contribution in [3.05, 3.63) is 0 Å². The summed E-state index contributed by atoms with van der Waals surface area (Å²) in [5, 5.41) is 40.2. The van der Waals surface area contributed by atoms with Gasteiger partial charge < -0.3 is 41.0 Å². The van der Waals surface area contributed by atoms with E-state index in [1.54, 1.807) is 0 Å². The molecule has 1 aliphatic heterocycles. The Labute approximate surface area is 126 Å². The highest BCUT2D eigenvalue weighted by Gasteiger charge is 2.46. The zero-order valence-corrected chi connectivity index (χ0v) is 12.2. The number of ether oxygens (including phenoxy) is 2. The second-order valence-electron chi connectivity index (χ2n) is 5.14. The van der Waals surface area contributed by atoms with Gasteiger partial charge in [-0.3, -0.25) is 9.59 Å². The van der Waals surface area contributed by atoms with E-state index in [9.17, 15) is 19.8 Å². The molecule has 0 aromatic rings. The monoisotopic (exact) mass is 322 g/mol. The fraction of sp³-hybridized carbons (Fsp3) is 0.833. The van der Waals surface area contributed by atoms with Crippen LogP contribution in [0.3, 0.4) is 0 Å². The molecule has 10 heteroatoms. The lowest BCUT2D eigenvalue weighted by Crippen LogP contribution is -2.65. The van der Waals surface area contributed by atoms with Gasteiger partial charge in [-0.2, -0.15) is 0 Å². The van der Waals surface area contributed by atoms with Crippen LogP contribution in [0, 0.1) is 0 Å². The Balaban J connectivity index is 2.89.